The molecule has 0 aliphatic carbocycles. The van der Waals surface area contributed by atoms with Crippen LogP contribution in [0.4, 0.5) is 4.39 Å². The van der Waals surface area contributed by atoms with E-state index in [1.165, 1.54) is 13.0 Å². The SMILES string of the molecule is CC1(Cl)CC(O)(CC(=O)O)c2cc(F)ccc2O1. The van der Waals surface area contributed by atoms with Crippen LogP contribution in [0.2, 0.25) is 0 Å². The van der Waals surface area contributed by atoms with Crippen molar-refractivity contribution in [3.8, 4) is 5.75 Å². The number of carboxylic acid groups (broad SMARTS) is 1. The standard InChI is InChI=1S/C12H12ClFO4/c1-11(13)6-12(17,5-10(15)16)8-4-7(14)2-3-9(8)18-11/h2-4,17H,5-6H2,1H3,(H,15,16). The van der Waals surface area contributed by atoms with E-state index in [1.807, 2.05) is 0 Å². The Balaban J connectivity index is 2.54. The van der Waals surface area contributed by atoms with Crippen molar-refractivity contribution in [1.29, 1.82) is 0 Å². The molecule has 0 saturated carbocycles. The third kappa shape index (κ3) is 2.42. The molecule has 0 bridgehead atoms. The molecule has 1 aromatic rings. The van der Waals surface area contributed by atoms with Crippen LogP contribution in [0.5, 0.6) is 5.75 Å². The zero-order valence-corrected chi connectivity index (χ0v) is 10.4. The molecule has 0 radical (unpaired) electrons. The molecular formula is C12H12ClFO4. The van der Waals surface area contributed by atoms with Crippen molar-refractivity contribution < 1.29 is 24.1 Å². The number of alkyl halides is 1. The second-order valence-corrected chi connectivity index (χ2v) is 5.42. The number of carbonyl (C=O) groups is 1. The summed E-state index contributed by atoms with van der Waals surface area (Å²) in [5, 5.41) is 18.1. The molecule has 0 amide bonds. The van der Waals surface area contributed by atoms with Crippen LogP contribution >= 0.6 is 11.6 Å². The number of halogens is 2. The highest BCUT2D eigenvalue weighted by Crippen LogP contribution is 2.47. The van der Waals surface area contributed by atoms with E-state index in [2.05, 4.69) is 0 Å². The number of aliphatic carboxylic acids is 1. The van der Waals surface area contributed by atoms with E-state index in [0.717, 1.165) is 12.1 Å². The van der Waals surface area contributed by atoms with E-state index in [9.17, 15) is 14.3 Å². The van der Waals surface area contributed by atoms with E-state index >= 15 is 0 Å². The summed E-state index contributed by atoms with van der Waals surface area (Å²) in [6.07, 6.45) is -0.695. The first-order valence-corrected chi connectivity index (χ1v) is 5.72. The van der Waals surface area contributed by atoms with Gasteiger partial charge in [-0.1, -0.05) is 11.6 Å². The lowest BCUT2D eigenvalue weighted by Crippen LogP contribution is -2.44. The molecule has 2 rings (SSSR count). The minimum atomic E-state index is -1.74. The zero-order valence-electron chi connectivity index (χ0n) is 9.61. The summed E-state index contributed by atoms with van der Waals surface area (Å²) < 4.78 is 18.6. The molecule has 1 heterocycles. The summed E-state index contributed by atoms with van der Waals surface area (Å²) in [6, 6.07) is 3.57. The van der Waals surface area contributed by atoms with Crippen LogP contribution < -0.4 is 4.74 Å². The van der Waals surface area contributed by atoms with Gasteiger partial charge in [-0.3, -0.25) is 4.79 Å². The minimum Gasteiger partial charge on any atom is -0.481 e. The fourth-order valence-corrected chi connectivity index (χ4v) is 2.55. The molecule has 0 fully saturated rings. The number of hydrogen-bond acceptors (Lipinski definition) is 3. The monoisotopic (exact) mass is 274 g/mol. The van der Waals surface area contributed by atoms with Crippen molar-refractivity contribution >= 4 is 17.6 Å². The summed E-state index contributed by atoms with van der Waals surface area (Å²) in [6.45, 7) is 1.52. The molecule has 0 aromatic heterocycles. The maximum Gasteiger partial charge on any atom is 0.306 e. The zero-order chi connectivity index (χ0) is 13.6. The number of aliphatic hydroxyl groups is 1. The first-order chi connectivity index (χ1) is 8.22. The Hall–Kier alpha value is -1.33. The Kier molecular flexibility index (Phi) is 2.99. The lowest BCUT2D eigenvalue weighted by Gasteiger charge is -2.40. The third-order valence-electron chi connectivity index (χ3n) is 2.82. The Morgan fingerprint density at radius 3 is 2.89 bits per heavy atom. The number of fused-ring (bicyclic) bond motifs is 1. The van der Waals surface area contributed by atoms with Gasteiger partial charge in [-0.15, -0.1) is 0 Å². The smallest absolute Gasteiger partial charge is 0.306 e. The van der Waals surface area contributed by atoms with Gasteiger partial charge in [0.2, 0.25) is 0 Å². The van der Waals surface area contributed by atoms with Gasteiger partial charge >= 0.3 is 5.97 Å². The van der Waals surface area contributed by atoms with Gasteiger partial charge in [-0.2, -0.15) is 0 Å². The third-order valence-corrected chi connectivity index (χ3v) is 3.03. The predicted molar refractivity (Wildman–Crippen MR) is 62.1 cm³/mol. The van der Waals surface area contributed by atoms with Crippen molar-refractivity contribution in [2.45, 2.75) is 30.4 Å². The van der Waals surface area contributed by atoms with Crippen LogP contribution in [0, 0.1) is 5.82 Å². The summed E-state index contributed by atoms with van der Waals surface area (Å²) in [7, 11) is 0. The van der Waals surface area contributed by atoms with Gasteiger partial charge < -0.3 is 14.9 Å². The maximum absolute atomic E-state index is 13.2. The van der Waals surface area contributed by atoms with E-state index in [4.69, 9.17) is 21.4 Å². The molecule has 2 atom stereocenters. The number of rotatable bonds is 2. The molecule has 6 heteroatoms. The van der Waals surface area contributed by atoms with Gasteiger partial charge in [0.05, 0.1) is 6.42 Å². The van der Waals surface area contributed by atoms with Crippen LogP contribution in [0.15, 0.2) is 18.2 Å². The van der Waals surface area contributed by atoms with E-state index in [1.54, 1.807) is 0 Å². The normalized spacial score (nSPS) is 30.4. The largest absolute Gasteiger partial charge is 0.481 e. The van der Waals surface area contributed by atoms with Gasteiger partial charge in [0, 0.05) is 12.0 Å². The first kappa shape index (κ1) is 13.1. The summed E-state index contributed by atoms with van der Waals surface area (Å²) in [5.74, 6) is -1.56. The van der Waals surface area contributed by atoms with Gasteiger partial charge in [-0.05, 0) is 25.1 Å². The van der Waals surface area contributed by atoms with Crippen molar-refractivity contribution in [2.75, 3.05) is 0 Å². The highest BCUT2D eigenvalue weighted by Gasteiger charge is 2.46. The number of hydrogen-bond donors (Lipinski definition) is 2. The summed E-state index contributed by atoms with van der Waals surface area (Å²) in [4.78, 5) is 10.8. The lowest BCUT2D eigenvalue weighted by molar-refractivity contribution is -0.145. The Bertz CT molecular complexity index is 503. The minimum absolute atomic E-state index is 0.114. The summed E-state index contributed by atoms with van der Waals surface area (Å²) >= 11 is 6.04. The van der Waals surface area contributed by atoms with Gasteiger partial charge in [0.15, 0.2) is 5.06 Å². The average Bonchev–Trinajstić information content (AvgIpc) is 2.16. The van der Waals surface area contributed by atoms with Crippen LogP contribution in [0.3, 0.4) is 0 Å². The molecule has 1 aliphatic rings. The topological polar surface area (TPSA) is 66.8 Å². The fourth-order valence-electron chi connectivity index (χ4n) is 2.25. The van der Waals surface area contributed by atoms with Gasteiger partial charge in [0.25, 0.3) is 0 Å². The number of ether oxygens (including phenoxy) is 1. The van der Waals surface area contributed by atoms with E-state index < -0.39 is 28.9 Å². The predicted octanol–water partition coefficient (Wildman–Crippen LogP) is 2.23. The molecule has 1 aromatic carbocycles. The molecule has 0 saturated heterocycles. The molecule has 4 nitrogen and oxygen atoms in total. The molecule has 2 unspecified atom stereocenters. The van der Waals surface area contributed by atoms with Crippen LogP contribution in [-0.2, 0) is 10.4 Å². The Morgan fingerprint density at radius 2 is 2.28 bits per heavy atom. The van der Waals surface area contributed by atoms with Gasteiger partial charge in [0.1, 0.15) is 17.2 Å². The molecule has 18 heavy (non-hydrogen) atoms. The van der Waals surface area contributed by atoms with Crippen molar-refractivity contribution in [3.63, 3.8) is 0 Å². The first-order valence-electron chi connectivity index (χ1n) is 5.34. The lowest BCUT2D eigenvalue weighted by atomic mass is 9.82. The van der Waals surface area contributed by atoms with Crippen molar-refractivity contribution in [2.24, 2.45) is 0 Å². The van der Waals surface area contributed by atoms with E-state index in [-0.39, 0.29) is 17.7 Å². The Labute approximate surface area is 108 Å². The molecule has 1 aliphatic heterocycles. The van der Waals surface area contributed by atoms with E-state index in [0.29, 0.717) is 0 Å². The highest BCUT2D eigenvalue weighted by molar-refractivity contribution is 6.23. The summed E-state index contributed by atoms with van der Waals surface area (Å²) in [5.41, 5.74) is -1.62. The average molecular weight is 275 g/mol. The molecule has 2 N–H and O–H groups in total. The van der Waals surface area contributed by atoms with Crippen LogP contribution in [0.1, 0.15) is 25.3 Å². The fraction of sp³-hybridized carbons (Fsp3) is 0.417. The van der Waals surface area contributed by atoms with Crippen LogP contribution in [-0.4, -0.2) is 21.2 Å². The molecular weight excluding hydrogens is 263 g/mol. The molecule has 0 spiro atoms. The number of benzene rings is 1. The second-order valence-electron chi connectivity index (χ2n) is 4.62. The maximum atomic E-state index is 13.2. The quantitative estimate of drug-likeness (QED) is 0.812. The van der Waals surface area contributed by atoms with Crippen molar-refractivity contribution in [3.05, 3.63) is 29.6 Å². The highest BCUT2D eigenvalue weighted by atomic mass is 35.5. The van der Waals surface area contributed by atoms with Crippen molar-refractivity contribution in [1.82, 2.24) is 0 Å². The second kappa shape index (κ2) is 4.10. The Morgan fingerprint density at radius 1 is 1.61 bits per heavy atom. The van der Waals surface area contributed by atoms with Gasteiger partial charge in [-0.25, -0.2) is 4.39 Å². The number of carboxylic acids is 1. The molecule has 98 valence electrons. The van der Waals surface area contributed by atoms with Crippen LogP contribution in [0.25, 0.3) is 0 Å².